The van der Waals surface area contributed by atoms with Crippen molar-refractivity contribution in [2.45, 2.75) is 6.92 Å². The number of carbonyl (C=O) groups excluding carboxylic acids is 2. The van der Waals surface area contributed by atoms with Crippen molar-refractivity contribution in [2.75, 3.05) is 33.5 Å². The van der Waals surface area contributed by atoms with Gasteiger partial charge in [-0.25, -0.2) is 0 Å². The highest BCUT2D eigenvalue weighted by Crippen LogP contribution is 2.34. The van der Waals surface area contributed by atoms with E-state index in [4.69, 9.17) is 18.9 Å². The molecule has 3 aromatic carbocycles. The molecule has 1 saturated heterocycles. The van der Waals surface area contributed by atoms with Crippen molar-refractivity contribution in [1.82, 2.24) is 4.90 Å². The maximum absolute atomic E-state index is 12.8. The van der Waals surface area contributed by atoms with Gasteiger partial charge < -0.3 is 18.9 Å². The number of benzene rings is 3. The summed E-state index contributed by atoms with van der Waals surface area (Å²) >= 11 is 0.912. The predicted molar refractivity (Wildman–Crippen MR) is 140 cm³/mol. The van der Waals surface area contributed by atoms with Gasteiger partial charge in [-0.05, 0) is 66.7 Å². The van der Waals surface area contributed by atoms with E-state index in [1.807, 2.05) is 67.6 Å². The van der Waals surface area contributed by atoms with Crippen molar-refractivity contribution in [3.05, 3.63) is 88.8 Å². The fourth-order valence-corrected chi connectivity index (χ4v) is 4.32. The molecule has 0 N–H and O–H groups in total. The molecule has 0 spiro atoms. The molecule has 0 aliphatic carbocycles. The van der Waals surface area contributed by atoms with Crippen molar-refractivity contribution in [2.24, 2.45) is 0 Å². The number of hydrogen-bond donors (Lipinski definition) is 0. The minimum absolute atomic E-state index is 0.178. The lowest BCUT2D eigenvalue weighted by atomic mass is 10.2. The first-order valence-corrected chi connectivity index (χ1v) is 12.3. The molecule has 8 heteroatoms. The van der Waals surface area contributed by atoms with E-state index in [1.165, 1.54) is 4.90 Å². The number of rotatable bonds is 11. The lowest BCUT2D eigenvalue weighted by Gasteiger charge is -2.13. The van der Waals surface area contributed by atoms with Crippen molar-refractivity contribution < 1.29 is 28.5 Å². The van der Waals surface area contributed by atoms with Gasteiger partial charge in [0.25, 0.3) is 11.1 Å². The fraction of sp³-hybridized carbons (Fsp3) is 0.214. The van der Waals surface area contributed by atoms with Gasteiger partial charge in [0, 0.05) is 0 Å². The van der Waals surface area contributed by atoms with Gasteiger partial charge in [0.05, 0.1) is 18.6 Å². The van der Waals surface area contributed by atoms with Crippen LogP contribution in [0.1, 0.15) is 11.1 Å². The third-order valence-corrected chi connectivity index (χ3v) is 6.22. The molecule has 186 valence electrons. The maximum atomic E-state index is 12.8. The number of aryl methyl sites for hydroxylation is 1. The number of hydrogen-bond acceptors (Lipinski definition) is 7. The highest BCUT2D eigenvalue weighted by molar-refractivity contribution is 8.18. The Labute approximate surface area is 214 Å². The van der Waals surface area contributed by atoms with Crippen LogP contribution in [-0.4, -0.2) is 49.5 Å². The molecule has 1 fully saturated rings. The Morgan fingerprint density at radius 1 is 0.806 bits per heavy atom. The van der Waals surface area contributed by atoms with Crippen LogP contribution in [0.2, 0.25) is 0 Å². The largest absolute Gasteiger partial charge is 0.493 e. The van der Waals surface area contributed by atoms with Gasteiger partial charge in [0.2, 0.25) is 0 Å². The number of amides is 2. The smallest absolute Gasteiger partial charge is 0.293 e. The molecule has 2 amide bonds. The molecular formula is C28H27NO6S. The number of ether oxygens (including phenoxy) is 4. The minimum atomic E-state index is -0.338. The molecule has 36 heavy (non-hydrogen) atoms. The monoisotopic (exact) mass is 505 g/mol. The maximum Gasteiger partial charge on any atom is 0.293 e. The first kappa shape index (κ1) is 25.2. The van der Waals surface area contributed by atoms with E-state index in [0.29, 0.717) is 35.4 Å². The number of thioether (sulfide) groups is 1. The predicted octanol–water partition coefficient (Wildman–Crippen LogP) is 5.58. The van der Waals surface area contributed by atoms with Crippen LogP contribution in [-0.2, 0) is 4.79 Å². The molecule has 0 unspecified atom stereocenters. The zero-order valence-corrected chi connectivity index (χ0v) is 21.0. The standard InChI is InChI=1S/C28H27NO6S/c1-20-8-11-23(12-9-20)33-15-14-29-27(30)26(36-28(29)31)19-21-10-13-24(25(18-21)32-2)35-17-16-34-22-6-4-3-5-7-22/h3-13,18-19H,14-17H2,1-2H3/b26-19-. The number of para-hydroxylation sites is 1. The van der Waals surface area contributed by atoms with Gasteiger partial charge >= 0.3 is 0 Å². The van der Waals surface area contributed by atoms with Crippen molar-refractivity contribution in [3.63, 3.8) is 0 Å². The van der Waals surface area contributed by atoms with Crippen LogP contribution in [0.5, 0.6) is 23.0 Å². The lowest BCUT2D eigenvalue weighted by molar-refractivity contribution is -0.123. The molecule has 3 aromatic rings. The Morgan fingerprint density at radius 3 is 2.25 bits per heavy atom. The average Bonchev–Trinajstić information content (AvgIpc) is 3.16. The summed E-state index contributed by atoms with van der Waals surface area (Å²) in [7, 11) is 1.55. The van der Waals surface area contributed by atoms with Gasteiger partial charge in [-0.1, -0.05) is 42.0 Å². The summed E-state index contributed by atoms with van der Waals surface area (Å²) in [5, 5.41) is -0.316. The summed E-state index contributed by atoms with van der Waals surface area (Å²) < 4.78 is 22.6. The highest BCUT2D eigenvalue weighted by Gasteiger charge is 2.34. The van der Waals surface area contributed by atoms with Gasteiger partial charge in [-0.15, -0.1) is 0 Å². The van der Waals surface area contributed by atoms with Crippen LogP contribution in [0.25, 0.3) is 6.08 Å². The quantitative estimate of drug-likeness (QED) is 0.249. The summed E-state index contributed by atoms with van der Waals surface area (Å²) in [6, 6.07) is 22.5. The summed E-state index contributed by atoms with van der Waals surface area (Å²) in [5.74, 6) is 2.22. The third-order valence-electron chi connectivity index (χ3n) is 5.32. The topological polar surface area (TPSA) is 74.3 Å². The molecule has 0 atom stereocenters. The van der Waals surface area contributed by atoms with Crippen molar-refractivity contribution in [3.8, 4) is 23.0 Å². The molecule has 0 radical (unpaired) electrons. The molecule has 0 bridgehead atoms. The van der Waals surface area contributed by atoms with Gasteiger partial charge in [0.15, 0.2) is 11.5 Å². The molecular weight excluding hydrogens is 478 g/mol. The fourth-order valence-electron chi connectivity index (χ4n) is 3.45. The van der Waals surface area contributed by atoms with Crippen molar-refractivity contribution in [1.29, 1.82) is 0 Å². The Morgan fingerprint density at radius 2 is 1.50 bits per heavy atom. The Hall–Kier alpha value is -3.91. The lowest BCUT2D eigenvalue weighted by Crippen LogP contribution is -2.32. The first-order chi connectivity index (χ1) is 17.5. The van der Waals surface area contributed by atoms with Gasteiger partial charge in [-0.2, -0.15) is 0 Å². The molecule has 7 nitrogen and oxygen atoms in total. The average molecular weight is 506 g/mol. The normalized spacial score (nSPS) is 14.3. The van der Waals surface area contributed by atoms with E-state index in [2.05, 4.69) is 0 Å². The second-order valence-corrected chi connectivity index (χ2v) is 8.91. The summed E-state index contributed by atoms with van der Waals surface area (Å²) in [6.07, 6.45) is 1.68. The Kier molecular flexibility index (Phi) is 8.52. The van der Waals surface area contributed by atoms with Crippen LogP contribution >= 0.6 is 11.8 Å². The zero-order valence-electron chi connectivity index (χ0n) is 20.1. The molecule has 0 saturated carbocycles. The summed E-state index contributed by atoms with van der Waals surface area (Å²) in [5.41, 5.74) is 1.85. The second kappa shape index (κ2) is 12.2. The molecule has 4 rings (SSSR count). The van der Waals surface area contributed by atoms with Crippen LogP contribution in [0.15, 0.2) is 77.7 Å². The van der Waals surface area contributed by atoms with E-state index < -0.39 is 0 Å². The van der Waals surface area contributed by atoms with Gasteiger partial charge in [-0.3, -0.25) is 14.5 Å². The Bertz CT molecular complexity index is 1230. The number of methoxy groups -OCH3 is 1. The van der Waals surface area contributed by atoms with E-state index in [9.17, 15) is 9.59 Å². The molecule has 1 heterocycles. The van der Waals surface area contributed by atoms with Crippen molar-refractivity contribution >= 4 is 29.0 Å². The zero-order chi connectivity index (χ0) is 25.3. The molecule has 1 aliphatic rings. The SMILES string of the molecule is COc1cc(/C=C2\SC(=O)N(CCOc3ccc(C)cc3)C2=O)ccc1OCCOc1ccccc1. The molecule has 1 aliphatic heterocycles. The van der Waals surface area contributed by atoms with E-state index >= 15 is 0 Å². The minimum Gasteiger partial charge on any atom is -0.493 e. The first-order valence-electron chi connectivity index (χ1n) is 11.5. The van der Waals surface area contributed by atoms with Gasteiger partial charge in [0.1, 0.15) is 31.3 Å². The number of nitrogens with zero attached hydrogens (tertiary/aromatic N) is 1. The van der Waals surface area contributed by atoms with Crippen LogP contribution < -0.4 is 18.9 Å². The van der Waals surface area contributed by atoms with Crippen LogP contribution in [0.3, 0.4) is 0 Å². The summed E-state index contributed by atoms with van der Waals surface area (Å²) in [4.78, 5) is 26.8. The third kappa shape index (κ3) is 6.60. The highest BCUT2D eigenvalue weighted by atomic mass is 32.2. The molecule has 0 aromatic heterocycles. The Balaban J connectivity index is 1.32. The summed E-state index contributed by atoms with van der Waals surface area (Å²) in [6.45, 7) is 3.12. The van der Waals surface area contributed by atoms with E-state index in [-0.39, 0.29) is 24.3 Å². The van der Waals surface area contributed by atoms with Crippen LogP contribution in [0.4, 0.5) is 4.79 Å². The number of carbonyl (C=O) groups is 2. The van der Waals surface area contributed by atoms with E-state index in [0.717, 1.165) is 28.6 Å². The second-order valence-electron chi connectivity index (χ2n) is 7.92. The van der Waals surface area contributed by atoms with Crippen LogP contribution in [0, 0.1) is 6.92 Å². The number of imide groups is 1. The van der Waals surface area contributed by atoms with E-state index in [1.54, 1.807) is 25.3 Å².